The van der Waals surface area contributed by atoms with Crippen LogP contribution in [0, 0.1) is 0 Å². The molecule has 0 radical (unpaired) electrons. The average Bonchev–Trinajstić information content (AvgIpc) is 2.62. The molecule has 0 saturated heterocycles. The van der Waals surface area contributed by atoms with Crippen molar-refractivity contribution in [2.45, 2.75) is 0 Å². The summed E-state index contributed by atoms with van der Waals surface area (Å²) >= 11 is 0. The van der Waals surface area contributed by atoms with Gasteiger partial charge in [0.05, 0.1) is 0 Å². The lowest BCUT2D eigenvalue weighted by molar-refractivity contribution is 0.111. The van der Waals surface area contributed by atoms with Gasteiger partial charge in [-0.15, -0.1) is 20.4 Å². The molecule has 3 aromatic rings. The fraction of sp³-hybridized carbons (Fsp3) is 0. The minimum absolute atomic E-state index is 0.380. The Bertz CT molecular complexity index is 727. The Labute approximate surface area is 125 Å². The summed E-state index contributed by atoms with van der Waals surface area (Å²) < 4.78 is 0. The minimum Gasteiger partial charge on any atom is -0.298 e. The summed E-state index contributed by atoms with van der Waals surface area (Å²) in [5.41, 5.74) is 2.62. The maximum Gasteiger partial charge on any atom is 0.203 e. The van der Waals surface area contributed by atoms with Gasteiger partial charge in [-0.25, -0.2) is 0 Å². The van der Waals surface area contributed by atoms with Crippen LogP contribution in [0.3, 0.4) is 0 Å². The zero-order chi connectivity index (χ0) is 15.4. The number of carbonyl (C=O) groups excluding carboxylic acids is 2. The Kier molecular flexibility index (Phi) is 3.74. The van der Waals surface area contributed by atoms with E-state index in [9.17, 15) is 9.59 Å². The summed E-state index contributed by atoms with van der Waals surface area (Å²) in [5, 5.41) is 16.2. The quantitative estimate of drug-likeness (QED) is 0.685. The van der Waals surface area contributed by atoms with Crippen molar-refractivity contribution in [3.8, 4) is 22.8 Å². The summed E-state index contributed by atoms with van der Waals surface area (Å²) in [5.74, 6) is 0.761. The van der Waals surface area contributed by atoms with E-state index in [1.165, 1.54) is 0 Å². The molecule has 3 rings (SSSR count). The molecule has 2 aromatic carbocycles. The van der Waals surface area contributed by atoms with Crippen molar-refractivity contribution in [2.75, 3.05) is 0 Å². The smallest absolute Gasteiger partial charge is 0.203 e. The molecule has 0 fully saturated rings. The van der Waals surface area contributed by atoms with Crippen molar-refractivity contribution >= 4 is 12.6 Å². The number of hydrogen-bond donors (Lipinski definition) is 0. The van der Waals surface area contributed by atoms with Crippen molar-refractivity contribution in [1.29, 1.82) is 0 Å². The molecule has 0 aliphatic carbocycles. The van der Waals surface area contributed by atoms with E-state index in [0.717, 1.165) is 23.7 Å². The first-order valence-electron chi connectivity index (χ1n) is 6.49. The fourth-order valence-electron chi connectivity index (χ4n) is 1.88. The Morgan fingerprint density at radius 2 is 0.864 bits per heavy atom. The van der Waals surface area contributed by atoms with Crippen LogP contribution in [0.5, 0.6) is 0 Å². The van der Waals surface area contributed by atoms with Crippen LogP contribution in [-0.4, -0.2) is 33.0 Å². The third-order valence-corrected chi connectivity index (χ3v) is 3.09. The molecule has 0 bridgehead atoms. The molecule has 0 saturated carbocycles. The monoisotopic (exact) mass is 290 g/mol. The van der Waals surface area contributed by atoms with E-state index >= 15 is 0 Å². The zero-order valence-electron chi connectivity index (χ0n) is 11.4. The summed E-state index contributed by atoms with van der Waals surface area (Å²) in [6.07, 6.45) is 1.54. The summed E-state index contributed by atoms with van der Waals surface area (Å²) in [6.45, 7) is 0. The largest absolute Gasteiger partial charge is 0.298 e. The highest BCUT2D eigenvalue weighted by atomic mass is 16.1. The molecular formula is C16H10N4O2. The molecule has 0 N–H and O–H groups in total. The van der Waals surface area contributed by atoms with E-state index < -0.39 is 0 Å². The van der Waals surface area contributed by atoms with Gasteiger partial charge in [0.2, 0.25) is 11.6 Å². The van der Waals surface area contributed by atoms with Gasteiger partial charge >= 0.3 is 0 Å². The molecule has 22 heavy (non-hydrogen) atoms. The van der Waals surface area contributed by atoms with E-state index in [0.29, 0.717) is 22.8 Å². The van der Waals surface area contributed by atoms with E-state index in [2.05, 4.69) is 20.4 Å². The van der Waals surface area contributed by atoms with E-state index in [1.54, 1.807) is 48.5 Å². The number of carbonyl (C=O) groups is 2. The third-order valence-electron chi connectivity index (χ3n) is 3.09. The number of aromatic nitrogens is 4. The molecule has 106 valence electrons. The Morgan fingerprint density at radius 1 is 0.545 bits per heavy atom. The second-order valence-corrected chi connectivity index (χ2v) is 4.53. The van der Waals surface area contributed by atoms with Gasteiger partial charge in [-0.05, 0) is 0 Å². The van der Waals surface area contributed by atoms with Crippen LogP contribution in [0.4, 0.5) is 0 Å². The summed E-state index contributed by atoms with van der Waals surface area (Å²) in [6, 6.07) is 13.7. The highest BCUT2D eigenvalue weighted by molar-refractivity contribution is 5.76. The lowest BCUT2D eigenvalue weighted by Gasteiger charge is -2.01. The van der Waals surface area contributed by atoms with Crippen LogP contribution in [-0.2, 0) is 0 Å². The molecular weight excluding hydrogens is 280 g/mol. The van der Waals surface area contributed by atoms with Gasteiger partial charge in [0.15, 0.2) is 0 Å². The maximum absolute atomic E-state index is 10.6. The first-order chi connectivity index (χ1) is 10.8. The number of benzene rings is 2. The topological polar surface area (TPSA) is 85.7 Å². The second-order valence-electron chi connectivity index (χ2n) is 4.53. The van der Waals surface area contributed by atoms with Crippen LogP contribution >= 0.6 is 0 Å². The molecule has 0 unspecified atom stereocenters. The van der Waals surface area contributed by atoms with Crippen molar-refractivity contribution in [1.82, 2.24) is 20.4 Å². The predicted molar refractivity (Wildman–Crippen MR) is 79.3 cm³/mol. The molecule has 0 aliphatic rings. The molecule has 1 heterocycles. The highest BCUT2D eigenvalue weighted by Crippen LogP contribution is 2.16. The molecule has 0 amide bonds. The van der Waals surface area contributed by atoms with Crippen molar-refractivity contribution in [2.24, 2.45) is 0 Å². The number of aldehydes is 2. The average molecular weight is 290 g/mol. The van der Waals surface area contributed by atoms with Gasteiger partial charge in [0, 0.05) is 22.3 Å². The summed E-state index contributed by atoms with van der Waals surface area (Å²) in [7, 11) is 0. The number of rotatable bonds is 4. The van der Waals surface area contributed by atoms with Crippen molar-refractivity contribution < 1.29 is 9.59 Å². The Hall–Kier alpha value is -3.28. The lowest BCUT2D eigenvalue weighted by Crippen LogP contribution is -1.99. The zero-order valence-corrected chi connectivity index (χ0v) is 11.4. The van der Waals surface area contributed by atoms with Gasteiger partial charge in [-0.2, -0.15) is 0 Å². The predicted octanol–water partition coefficient (Wildman–Crippen LogP) is 2.23. The number of hydrogen-bond acceptors (Lipinski definition) is 6. The molecule has 0 atom stereocenters. The molecule has 0 spiro atoms. The Morgan fingerprint density at radius 3 is 1.14 bits per heavy atom. The third kappa shape index (κ3) is 2.76. The van der Waals surface area contributed by atoms with Crippen LogP contribution in [0.15, 0.2) is 48.5 Å². The van der Waals surface area contributed by atoms with Crippen LogP contribution < -0.4 is 0 Å². The standard InChI is InChI=1S/C16H10N4O2/c21-9-11-1-5-13(6-2-11)15-17-19-16(20-18-15)14-7-3-12(10-22)4-8-14/h1-10H. The van der Waals surface area contributed by atoms with E-state index in [1.807, 2.05) is 0 Å². The van der Waals surface area contributed by atoms with Gasteiger partial charge in [-0.3, -0.25) is 9.59 Å². The van der Waals surface area contributed by atoms with Crippen LogP contribution in [0.2, 0.25) is 0 Å². The van der Waals surface area contributed by atoms with Crippen molar-refractivity contribution in [3.05, 3.63) is 59.7 Å². The van der Waals surface area contributed by atoms with Crippen LogP contribution in [0.1, 0.15) is 20.7 Å². The lowest BCUT2D eigenvalue weighted by atomic mass is 10.1. The van der Waals surface area contributed by atoms with Gasteiger partial charge in [0.25, 0.3) is 0 Å². The first kappa shape index (κ1) is 13.7. The van der Waals surface area contributed by atoms with Crippen LogP contribution in [0.25, 0.3) is 22.8 Å². The molecule has 6 heteroatoms. The van der Waals surface area contributed by atoms with E-state index in [4.69, 9.17) is 0 Å². The SMILES string of the molecule is O=Cc1ccc(-c2nnc(-c3ccc(C=O)cc3)nn2)cc1. The molecule has 0 aliphatic heterocycles. The highest BCUT2D eigenvalue weighted by Gasteiger charge is 2.06. The van der Waals surface area contributed by atoms with Gasteiger partial charge in [-0.1, -0.05) is 48.5 Å². The van der Waals surface area contributed by atoms with Gasteiger partial charge in [0.1, 0.15) is 12.6 Å². The Balaban J connectivity index is 1.87. The van der Waals surface area contributed by atoms with Crippen molar-refractivity contribution in [3.63, 3.8) is 0 Å². The first-order valence-corrected chi connectivity index (χ1v) is 6.49. The maximum atomic E-state index is 10.6. The minimum atomic E-state index is 0.380. The summed E-state index contributed by atoms with van der Waals surface area (Å²) in [4.78, 5) is 21.2. The van der Waals surface area contributed by atoms with Gasteiger partial charge < -0.3 is 0 Å². The normalized spacial score (nSPS) is 10.2. The molecule has 6 nitrogen and oxygen atoms in total. The second kappa shape index (κ2) is 6.01. The van der Waals surface area contributed by atoms with E-state index in [-0.39, 0.29) is 0 Å². The molecule has 1 aromatic heterocycles. The fourth-order valence-corrected chi connectivity index (χ4v) is 1.88. The number of nitrogens with zero attached hydrogens (tertiary/aromatic N) is 4.